The van der Waals surface area contributed by atoms with Gasteiger partial charge in [0.15, 0.2) is 0 Å². The second-order valence-electron chi connectivity index (χ2n) is 3.47. The fraction of sp³-hybridized carbons (Fsp3) is 0.556. The molecule has 0 amide bonds. The number of aromatic amines is 1. The van der Waals surface area contributed by atoms with Crippen molar-refractivity contribution in [2.45, 2.75) is 25.9 Å². The summed E-state index contributed by atoms with van der Waals surface area (Å²) in [5, 5.41) is 0. The number of hydrogen-bond acceptors (Lipinski definition) is 3. The van der Waals surface area contributed by atoms with Gasteiger partial charge in [0.2, 0.25) is 0 Å². The molecule has 1 aromatic rings. The SMILES string of the molecule is Cc1nc(COCC(F)(F)C(F)F)[nH]c(=O)c1I. The van der Waals surface area contributed by atoms with E-state index in [1.807, 2.05) is 0 Å². The average molecular weight is 380 g/mol. The lowest BCUT2D eigenvalue weighted by Gasteiger charge is -2.14. The lowest BCUT2D eigenvalue weighted by molar-refractivity contribution is -0.168. The van der Waals surface area contributed by atoms with Gasteiger partial charge in [-0.1, -0.05) is 0 Å². The van der Waals surface area contributed by atoms with Crippen LogP contribution in [0.3, 0.4) is 0 Å². The Hall–Kier alpha value is -0.710. The van der Waals surface area contributed by atoms with Gasteiger partial charge in [0.1, 0.15) is 19.0 Å². The molecule has 1 heterocycles. The topological polar surface area (TPSA) is 55.0 Å². The molecule has 1 rings (SSSR count). The average Bonchev–Trinajstić information content (AvgIpc) is 2.25. The molecule has 1 N–H and O–H groups in total. The molecule has 0 aliphatic rings. The molecule has 0 saturated carbocycles. The zero-order valence-electron chi connectivity index (χ0n) is 9.15. The Kier molecular flexibility index (Phi) is 5.08. The van der Waals surface area contributed by atoms with E-state index in [0.717, 1.165) is 0 Å². The molecule has 0 fully saturated rings. The Balaban J connectivity index is 2.63. The van der Waals surface area contributed by atoms with Crippen molar-refractivity contribution in [3.05, 3.63) is 25.4 Å². The van der Waals surface area contributed by atoms with Crippen LogP contribution in [0.4, 0.5) is 17.6 Å². The maximum Gasteiger partial charge on any atom is 0.330 e. The normalized spacial score (nSPS) is 12.2. The minimum Gasteiger partial charge on any atom is -0.367 e. The third kappa shape index (κ3) is 3.90. The van der Waals surface area contributed by atoms with E-state index in [1.54, 1.807) is 29.5 Å². The van der Waals surface area contributed by atoms with Crippen LogP contribution in [0.5, 0.6) is 0 Å². The van der Waals surface area contributed by atoms with E-state index in [1.165, 1.54) is 0 Å². The summed E-state index contributed by atoms with van der Waals surface area (Å²) in [6.07, 6.45) is -3.79. The van der Waals surface area contributed by atoms with Crippen LogP contribution < -0.4 is 5.56 Å². The van der Waals surface area contributed by atoms with E-state index in [0.29, 0.717) is 9.26 Å². The van der Waals surface area contributed by atoms with Gasteiger partial charge < -0.3 is 9.72 Å². The Bertz CT molecular complexity index is 478. The van der Waals surface area contributed by atoms with E-state index >= 15 is 0 Å². The number of rotatable bonds is 5. The summed E-state index contributed by atoms with van der Waals surface area (Å²) in [4.78, 5) is 17.5. The molecular formula is C9H9F4IN2O2. The summed E-state index contributed by atoms with van der Waals surface area (Å²) in [6, 6.07) is 0. The molecule has 0 aromatic carbocycles. The van der Waals surface area contributed by atoms with Crippen LogP contribution in [-0.2, 0) is 11.3 Å². The van der Waals surface area contributed by atoms with Gasteiger partial charge in [-0.05, 0) is 29.5 Å². The maximum absolute atomic E-state index is 12.5. The third-order valence-electron chi connectivity index (χ3n) is 1.93. The van der Waals surface area contributed by atoms with Crippen LogP contribution in [0.2, 0.25) is 0 Å². The number of halogens is 5. The molecule has 102 valence electrons. The van der Waals surface area contributed by atoms with Gasteiger partial charge in [-0.15, -0.1) is 0 Å². The molecule has 9 heteroatoms. The van der Waals surface area contributed by atoms with Crippen molar-refractivity contribution in [1.82, 2.24) is 9.97 Å². The highest BCUT2D eigenvalue weighted by atomic mass is 127. The molecule has 0 unspecified atom stereocenters. The first kappa shape index (κ1) is 15.3. The number of aromatic nitrogens is 2. The van der Waals surface area contributed by atoms with Crippen LogP contribution in [0.25, 0.3) is 0 Å². The van der Waals surface area contributed by atoms with Crippen molar-refractivity contribution in [3.8, 4) is 0 Å². The molecule has 1 aromatic heterocycles. The van der Waals surface area contributed by atoms with Crippen LogP contribution in [0, 0.1) is 10.5 Å². The van der Waals surface area contributed by atoms with Crippen molar-refractivity contribution in [1.29, 1.82) is 0 Å². The van der Waals surface area contributed by atoms with Crippen LogP contribution in [0.15, 0.2) is 4.79 Å². The Morgan fingerprint density at radius 2 is 2.11 bits per heavy atom. The van der Waals surface area contributed by atoms with Crippen molar-refractivity contribution in [2.24, 2.45) is 0 Å². The fourth-order valence-corrected chi connectivity index (χ4v) is 1.30. The quantitative estimate of drug-likeness (QED) is 0.629. The number of H-pyrrole nitrogens is 1. The first-order valence-corrected chi connectivity index (χ1v) is 5.81. The van der Waals surface area contributed by atoms with Crippen LogP contribution >= 0.6 is 22.6 Å². The van der Waals surface area contributed by atoms with Crippen LogP contribution in [-0.4, -0.2) is 28.9 Å². The minimum atomic E-state index is -4.21. The fourth-order valence-electron chi connectivity index (χ4n) is 1.04. The molecule has 0 aliphatic heterocycles. The summed E-state index contributed by atoms with van der Waals surface area (Å²) in [7, 11) is 0. The smallest absolute Gasteiger partial charge is 0.330 e. The third-order valence-corrected chi connectivity index (χ3v) is 3.20. The largest absolute Gasteiger partial charge is 0.367 e. The maximum atomic E-state index is 12.5. The van der Waals surface area contributed by atoms with E-state index < -0.39 is 31.1 Å². The first-order valence-electron chi connectivity index (χ1n) is 4.73. The highest BCUT2D eigenvalue weighted by Crippen LogP contribution is 2.23. The standard InChI is InChI=1S/C9H9F4IN2O2/c1-4-6(14)7(17)16-5(15-4)2-18-3-9(12,13)8(10)11/h8H,2-3H2,1H3,(H,15,16,17). The van der Waals surface area contributed by atoms with Gasteiger partial charge in [0.05, 0.1) is 9.26 Å². The van der Waals surface area contributed by atoms with Gasteiger partial charge >= 0.3 is 12.3 Å². The summed E-state index contributed by atoms with van der Waals surface area (Å²) >= 11 is 1.78. The lowest BCUT2D eigenvalue weighted by atomic mass is 10.4. The van der Waals surface area contributed by atoms with Crippen LogP contribution in [0.1, 0.15) is 11.5 Å². The number of alkyl halides is 4. The number of ether oxygens (including phenoxy) is 1. The predicted molar refractivity (Wildman–Crippen MR) is 62.9 cm³/mol. The summed E-state index contributed by atoms with van der Waals surface area (Å²) in [6.45, 7) is -0.330. The Labute approximate surface area is 113 Å². The highest BCUT2D eigenvalue weighted by Gasteiger charge is 2.40. The predicted octanol–water partition coefficient (Wildman–Crippen LogP) is 2.10. The van der Waals surface area contributed by atoms with E-state index in [4.69, 9.17) is 0 Å². The summed E-state index contributed by atoms with van der Waals surface area (Å²) in [5.41, 5.74) is -0.0131. The minimum absolute atomic E-state index is 0.0167. The molecular weight excluding hydrogens is 371 g/mol. The highest BCUT2D eigenvalue weighted by molar-refractivity contribution is 14.1. The number of aryl methyl sites for hydroxylation is 1. The van der Waals surface area contributed by atoms with Gasteiger partial charge in [-0.2, -0.15) is 8.78 Å². The van der Waals surface area contributed by atoms with Crippen molar-refractivity contribution >= 4 is 22.6 Å². The summed E-state index contributed by atoms with van der Waals surface area (Å²) in [5.74, 6) is -4.19. The van der Waals surface area contributed by atoms with E-state index in [-0.39, 0.29) is 5.82 Å². The Morgan fingerprint density at radius 3 is 2.61 bits per heavy atom. The number of nitrogens with one attached hydrogen (secondary N) is 1. The zero-order valence-corrected chi connectivity index (χ0v) is 11.3. The van der Waals surface area contributed by atoms with E-state index in [9.17, 15) is 22.4 Å². The molecule has 4 nitrogen and oxygen atoms in total. The van der Waals surface area contributed by atoms with E-state index in [2.05, 4.69) is 14.7 Å². The lowest BCUT2D eigenvalue weighted by Crippen LogP contribution is -2.32. The Morgan fingerprint density at radius 1 is 1.50 bits per heavy atom. The van der Waals surface area contributed by atoms with Gasteiger partial charge in [0.25, 0.3) is 5.56 Å². The first-order chi connectivity index (χ1) is 8.24. The second kappa shape index (κ2) is 5.95. The van der Waals surface area contributed by atoms with Crippen molar-refractivity contribution < 1.29 is 22.3 Å². The molecule has 0 bridgehead atoms. The van der Waals surface area contributed by atoms with Crippen molar-refractivity contribution in [3.63, 3.8) is 0 Å². The molecule has 0 spiro atoms. The number of hydrogen-bond donors (Lipinski definition) is 1. The molecule has 0 aliphatic carbocycles. The molecule has 0 saturated heterocycles. The molecule has 0 radical (unpaired) electrons. The number of nitrogens with zero attached hydrogens (tertiary/aromatic N) is 1. The second-order valence-corrected chi connectivity index (χ2v) is 4.55. The zero-order chi connectivity index (χ0) is 13.9. The monoisotopic (exact) mass is 380 g/mol. The molecule has 18 heavy (non-hydrogen) atoms. The molecule has 0 atom stereocenters. The van der Waals surface area contributed by atoms with Gasteiger partial charge in [-0.25, -0.2) is 13.8 Å². The van der Waals surface area contributed by atoms with Gasteiger partial charge in [-0.3, -0.25) is 4.79 Å². The van der Waals surface area contributed by atoms with Gasteiger partial charge in [0, 0.05) is 0 Å². The summed E-state index contributed by atoms with van der Waals surface area (Å²) < 4.78 is 53.4. The van der Waals surface area contributed by atoms with Crippen molar-refractivity contribution in [2.75, 3.05) is 6.61 Å².